The molecule has 0 aliphatic heterocycles. The maximum Gasteiger partial charge on any atom is 0.246 e. The Kier molecular flexibility index (Phi) is 3.74. The summed E-state index contributed by atoms with van der Waals surface area (Å²) < 4.78 is 11.2. The number of hydrogen-bond donors (Lipinski definition) is 0. The van der Waals surface area contributed by atoms with Gasteiger partial charge in [-0.25, -0.2) is 0 Å². The third-order valence-corrected chi connectivity index (χ3v) is 3.64. The van der Waals surface area contributed by atoms with Crippen molar-refractivity contribution in [2.24, 2.45) is 0 Å². The highest BCUT2D eigenvalue weighted by molar-refractivity contribution is 6.33. The average molecular weight is 318 g/mol. The molecular formula is C16H9Cl2NO2. The van der Waals surface area contributed by atoms with Crippen molar-refractivity contribution >= 4 is 34.2 Å². The van der Waals surface area contributed by atoms with Crippen LogP contribution in [-0.2, 0) is 6.61 Å². The maximum absolute atomic E-state index is 9.14. The van der Waals surface area contributed by atoms with Crippen LogP contribution >= 0.6 is 23.2 Å². The quantitative estimate of drug-likeness (QED) is 0.667. The van der Waals surface area contributed by atoms with Gasteiger partial charge in [0.1, 0.15) is 18.3 Å². The predicted octanol–water partition coefficient (Wildman–Crippen LogP) is 5.19. The van der Waals surface area contributed by atoms with Crippen molar-refractivity contribution in [3.8, 4) is 11.8 Å². The van der Waals surface area contributed by atoms with E-state index in [2.05, 4.69) is 0 Å². The van der Waals surface area contributed by atoms with Crippen molar-refractivity contribution < 1.29 is 9.15 Å². The van der Waals surface area contributed by atoms with E-state index < -0.39 is 0 Å². The number of nitrogens with zero attached hydrogens (tertiary/aromatic N) is 1. The van der Waals surface area contributed by atoms with Gasteiger partial charge < -0.3 is 9.15 Å². The number of para-hydroxylation sites is 1. The lowest BCUT2D eigenvalue weighted by atomic mass is 10.2. The van der Waals surface area contributed by atoms with Crippen molar-refractivity contribution in [2.45, 2.75) is 6.61 Å². The van der Waals surface area contributed by atoms with E-state index in [1.54, 1.807) is 24.3 Å². The molecule has 1 heterocycles. The summed E-state index contributed by atoms with van der Waals surface area (Å²) in [7, 11) is 0. The standard InChI is InChI=1S/C16H9Cl2NO2/c17-11-5-6-13(18)10(7-11)9-20-16-12-3-1-2-4-14(12)21-15(16)8-19/h1-7H,9H2. The molecule has 3 rings (SSSR count). The van der Waals surface area contributed by atoms with Gasteiger partial charge in [0.2, 0.25) is 5.76 Å². The first-order chi connectivity index (χ1) is 10.2. The lowest BCUT2D eigenvalue weighted by molar-refractivity contribution is 0.304. The van der Waals surface area contributed by atoms with Crippen LogP contribution in [0.15, 0.2) is 46.9 Å². The Bertz CT molecular complexity index is 849. The molecule has 104 valence electrons. The summed E-state index contributed by atoms with van der Waals surface area (Å²) in [6, 6.07) is 14.5. The molecule has 3 nitrogen and oxygen atoms in total. The van der Waals surface area contributed by atoms with Crippen LogP contribution in [0.2, 0.25) is 10.0 Å². The Labute approximate surface area is 131 Å². The summed E-state index contributed by atoms with van der Waals surface area (Å²) in [6.45, 7) is 0.206. The van der Waals surface area contributed by atoms with E-state index in [4.69, 9.17) is 37.6 Å². The Morgan fingerprint density at radius 2 is 1.95 bits per heavy atom. The molecule has 0 spiro atoms. The van der Waals surface area contributed by atoms with Crippen LogP contribution in [-0.4, -0.2) is 0 Å². The second-order valence-electron chi connectivity index (χ2n) is 4.39. The summed E-state index contributed by atoms with van der Waals surface area (Å²) >= 11 is 12.0. The minimum absolute atomic E-state index is 0.148. The van der Waals surface area contributed by atoms with Crippen molar-refractivity contribution in [3.05, 3.63) is 63.8 Å². The maximum atomic E-state index is 9.14. The van der Waals surface area contributed by atoms with Crippen molar-refractivity contribution in [3.63, 3.8) is 0 Å². The molecule has 21 heavy (non-hydrogen) atoms. The number of halogens is 2. The summed E-state index contributed by atoms with van der Waals surface area (Å²) in [6.07, 6.45) is 0. The van der Waals surface area contributed by atoms with E-state index in [9.17, 15) is 0 Å². The van der Waals surface area contributed by atoms with E-state index in [-0.39, 0.29) is 12.4 Å². The zero-order valence-corrected chi connectivity index (χ0v) is 12.3. The predicted molar refractivity (Wildman–Crippen MR) is 81.7 cm³/mol. The topological polar surface area (TPSA) is 46.2 Å². The van der Waals surface area contributed by atoms with Gasteiger partial charge in [0.05, 0.1) is 5.39 Å². The summed E-state index contributed by atoms with van der Waals surface area (Å²) in [5, 5.41) is 11.0. The minimum Gasteiger partial charge on any atom is -0.483 e. The highest BCUT2D eigenvalue weighted by Gasteiger charge is 2.15. The van der Waals surface area contributed by atoms with E-state index in [0.29, 0.717) is 21.4 Å². The lowest BCUT2D eigenvalue weighted by Crippen LogP contribution is -1.97. The van der Waals surface area contributed by atoms with Crippen molar-refractivity contribution in [1.82, 2.24) is 0 Å². The summed E-state index contributed by atoms with van der Waals surface area (Å²) in [4.78, 5) is 0. The molecule has 0 aliphatic rings. The van der Waals surface area contributed by atoms with Crippen LogP contribution in [0.1, 0.15) is 11.3 Å². The molecule has 0 saturated heterocycles. The molecular weight excluding hydrogens is 309 g/mol. The molecule has 0 radical (unpaired) electrons. The largest absolute Gasteiger partial charge is 0.483 e. The smallest absolute Gasteiger partial charge is 0.246 e. The van der Waals surface area contributed by atoms with E-state index in [1.807, 2.05) is 24.3 Å². The van der Waals surface area contributed by atoms with Crippen LogP contribution in [0.4, 0.5) is 0 Å². The minimum atomic E-state index is 0.148. The number of hydrogen-bond acceptors (Lipinski definition) is 3. The second kappa shape index (κ2) is 5.69. The molecule has 0 unspecified atom stereocenters. The molecule has 0 fully saturated rings. The Morgan fingerprint density at radius 1 is 1.14 bits per heavy atom. The third-order valence-electron chi connectivity index (χ3n) is 3.03. The molecule has 0 atom stereocenters. The fourth-order valence-electron chi connectivity index (χ4n) is 2.04. The van der Waals surface area contributed by atoms with Gasteiger partial charge in [-0.15, -0.1) is 0 Å². The molecule has 0 amide bonds. The second-order valence-corrected chi connectivity index (χ2v) is 5.24. The number of benzene rings is 2. The fraction of sp³-hybridized carbons (Fsp3) is 0.0625. The fourth-order valence-corrected chi connectivity index (χ4v) is 2.41. The van der Waals surface area contributed by atoms with Gasteiger partial charge in [0.25, 0.3) is 0 Å². The van der Waals surface area contributed by atoms with Gasteiger partial charge in [-0.3, -0.25) is 0 Å². The zero-order valence-electron chi connectivity index (χ0n) is 10.8. The normalized spacial score (nSPS) is 10.5. The molecule has 2 aromatic carbocycles. The molecule has 0 N–H and O–H groups in total. The van der Waals surface area contributed by atoms with Gasteiger partial charge in [0, 0.05) is 15.6 Å². The van der Waals surface area contributed by atoms with Gasteiger partial charge >= 0.3 is 0 Å². The van der Waals surface area contributed by atoms with E-state index >= 15 is 0 Å². The Hall–Kier alpha value is -2.15. The van der Waals surface area contributed by atoms with Gasteiger partial charge in [-0.2, -0.15) is 5.26 Å². The first-order valence-corrected chi connectivity index (χ1v) is 6.93. The molecule has 1 aromatic heterocycles. The lowest BCUT2D eigenvalue weighted by Gasteiger charge is -2.07. The van der Waals surface area contributed by atoms with Crippen molar-refractivity contribution in [2.75, 3.05) is 0 Å². The zero-order chi connectivity index (χ0) is 14.8. The highest BCUT2D eigenvalue weighted by Crippen LogP contribution is 2.33. The van der Waals surface area contributed by atoms with Crippen LogP contribution < -0.4 is 4.74 Å². The number of furan rings is 1. The van der Waals surface area contributed by atoms with Crippen LogP contribution in [0.25, 0.3) is 11.0 Å². The van der Waals surface area contributed by atoms with Gasteiger partial charge in [-0.1, -0.05) is 35.3 Å². The highest BCUT2D eigenvalue weighted by atomic mass is 35.5. The molecule has 0 bridgehead atoms. The monoisotopic (exact) mass is 317 g/mol. The third kappa shape index (κ3) is 2.69. The van der Waals surface area contributed by atoms with E-state index in [0.717, 1.165) is 10.9 Å². The van der Waals surface area contributed by atoms with Crippen LogP contribution in [0.5, 0.6) is 5.75 Å². The Morgan fingerprint density at radius 3 is 2.76 bits per heavy atom. The molecule has 5 heteroatoms. The number of ether oxygens (including phenoxy) is 1. The van der Waals surface area contributed by atoms with Crippen molar-refractivity contribution in [1.29, 1.82) is 5.26 Å². The number of nitriles is 1. The SMILES string of the molecule is N#Cc1oc2ccccc2c1OCc1cc(Cl)ccc1Cl. The molecule has 3 aromatic rings. The van der Waals surface area contributed by atoms with Crippen LogP contribution in [0.3, 0.4) is 0 Å². The molecule has 0 saturated carbocycles. The first-order valence-electron chi connectivity index (χ1n) is 6.17. The summed E-state index contributed by atoms with van der Waals surface area (Å²) in [5.41, 5.74) is 1.36. The Balaban J connectivity index is 1.95. The molecule has 0 aliphatic carbocycles. The van der Waals surface area contributed by atoms with Gasteiger partial charge in [0.15, 0.2) is 5.75 Å². The summed E-state index contributed by atoms with van der Waals surface area (Å²) in [5.74, 6) is 0.568. The first kappa shape index (κ1) is 13.8. The number of fused-ring (bicyclic) bond motifs is 1. The average Bonchev–Trinajstić information content (AvgIpc) is 2.86. The number of rotatable bonds is 3. The van der Waals surface area contributed by atoms with Crippen LogP contribution in [0, 0.1) is 11.3 Å². The van der Waals surface area contributed by atoms with Gasteiger partial charge in [-0.05, 0) is 30.3 Å². The van der Waals surface area contributed by atoms with E-state index in [1.165, 1.54) is 0 Å².